The van der Waals surface area contributed by atoms with Gasteiger partial charge in [-0.05, 0) is 61.8 Å². The maximum atomic E-state index is 5.06. The van der Waals surface area contributed by atoms with Crippen molar-refractivity contribution in [1.29, 1.82) is 0 Å². The number of hydrogen-bond acceptors (Lipinski definition) is 2. The third kappa shape index (κ3) is 12.6. The van der Waals surface area contributed by atoms with Crippen molar-refractivity contribution in [3.8, 4) is 23.7 Å². The molecular formula is C32H40N2Ni. The van der Waals surface area contributed by atoms with E-state index in [-0.39, 0.29) is 16.5 Å². The zero-order valence-corrected chi connectivity index (χ0v) is 22.7. The molecule has 3 heteroatoms. The van der Waals surface area contributed by atoms with Crippen LogP contribution in [0.5, 0.6) is 0 Å². The standard InChI is InChI=1S/C32H40N2.Ni/c1-4-7-10-12-14-20-28-22-16-18-25-31(28)33-27-30(24-9-6-3)34-32-26-19-17-23-29(32)21-15-13-11-8-5-2;/h16-19,22-23,25-27H,4-6,9,12-15,20-21,24H2,1-3H3;. The summed E-state index contributed by atoms with van der Waals surface area (Å²) in [7, 11) is 0. The van der Waals surface area contributed by atoms with Gasteiger partial charge in [0.2, 0.25) is 0 Å². The molecule has 188 valence electrons. The molecule has 0 amide bonds. The Hall–Kier alpha value is -2.61. The molecule has 0 aromatic heterocycles. The van der Waals surface area contributed by atoms with Crippen LogP contribution in [0.3, 0.4) is 0 Å². The summed E-state index contributed by atoms with van der Waals surface area (Å²) in [6.45, 7) is 6.41. The van der Waals surface area contributed by atoms with Crippen molar-refractivity contribution in [3.05, 3.63) is 59.7 Å². The van der Waals surface area contributed by atoms with E-state index < -0.39 is 0 Å². The molecule has 0 radical (unpaired) electrons. The largest absolute Gasteiger partial charge is 0.255 e. The Morgan fingerprint density at radius 1 is 0.714 bits per heavy atom. The summed E-state index contributed by atoms with van der Waals surface area (Å²) in [6.07, 6.45) is 13.0. The van der Waals surface area contributed by atoms with Crippen LogP contribution in [0, 0.1) is 23.7 Å². The number of aryl methyl sites for hydroxylation is 2. The average molecular weight is 511 g/mol. The Labute approximate surface area is 224 Å². The minimum atomic E-state index is 0. The Bertz CT molecular complexity index is 1040. The van der Waals surface area contributed by atoms with Crippen molar-refractivity contribution in [1.82, 2.24) is 0 Å². The van der Waals surface area contributed by atoms with Crippen molar-refractivity contribution >= 4 is 23.3 Å². The van der Waals surface area contributed by atoms with E-state index >= 15 is 0 Å². The number of rotatable bonds is 12. The van der Waals surface area contributed by atoms with Crippen molar-refractivity contribution in [2.75, 3.05) is 0 Å². The van der Waals surface area contributed by atoms with Crippen LogP contribution < -0.4 is 0 Å². The Morgan fingerprint density at radius 2 is 1.26 bits per heavy atom. The molecule has 0 N–H and O–H groups in total. The van der Waals surface area contributed by atoms with Crippen LogP contribution in [0.2, 0.25) is 0 Å². The normalized spacial score (nSPS) is 10.8. The molecule has 0 unspecified atom stereocenters. The smallest absolute Gasteiger partial charge is 0.0665 e. The predicted molar refractivity (Wildman–Crippen MR) is 150 cm³/mol. The Kier molecular flexibility index (Phi) is 17.1. The van der Waals surface area contributed by atoms with E-state index in [9.17, 15) is 0 Å². The van der Waals surface area contributed by atoms with Crippen LogP contribution in [-0.4, -0.2) is 11.9 Å². The molecule has 2 nitrogen and oxygen atoms in total. The summed E-state index contributed by atoms with van der Waals surface area (Å²) >= 11 is 0. The maximum absolute atomic E-state index is 5.06. The first-order chi connectivity index (χ1) is 16.8. The number of unbranched alkanes of at least 4 members (excludes halogenated alkanes) is 3. The number of hydrogen-bond donors (Lipinski definition) is 0. The van der Waals surface area contributed by atoms with Crippen LogP contribution in [0.25, 0.3) is 0 Å². The maximum Gasteiger partial charge on any atom is 0.0665 e. The van der Waals surface area contributed by atoms with Gasteiger partial charge in [-0.1, -0.05) is 63.6 Å². The molecule has 2 aromatic carbocycles. The quantitative estimate of drug-likeness (QED) is 0.118. The van der Waals surface area contributed by atoms with Crippen molar-refractivity contribution in [2.24, 2.45) is 9.98 Å². The fraction of sp³-hybridized carbons (Fsp3) is 0.438. The van der Waals surface area contributed by atoms with Crippen LogP contribution in [0.15, 0.2) is 58.5 Å². The minimum absolute atomic E-state index is 0. The van der Waals surface area contributed by atoms with Crippen LogP contribution in [0.1, 0.15) is 89.7 Å². The zero-order valence-electron chi connectivity index (χ0n) is 21.7. The summed E-state index contributed by atoms with van der Waals surface area (Å²) in [6, 6.07) is 16.9. The van der Waals surface area contributed by atoms with Crippen molar-refractivity contribution in [3.63, 3.8) is 0 Å². The van der Waals surface area contributed by atoms with Crippen LogP contribution in [0.4, 0.5) is 11.4 Å². The molecule has 0 atom stereocenters. The molecule has 0 saturated heterocycles. The number of aliphatic imine (C=N–C) groups is 2. The monoisotopic (exact) mass is 510 g/mol. The van der Waals surface area contributed by atoms with E-state index in [4.69, 9.17) is 9.98 Å². The second kappa shape index (κ2) is 19.7. The second-order valence-electron chi connectivity index (χ2n) is 8.34. The summed E-state index contributed by atoms with van der Waals surface area (Å²) in [4.78, 5) is 9.95. The molecule has 0 spiro atoms. The summed E-state index contributed by atoms with van der Waals surface area (Å²) < 4.78 is 0. The summed E-state index contributed by atoms with van der Waals surface area (Å²) in [5, 5.41) is 0. The molecule has 0 aliphatic rings. The molecule has 0 saturated carbocycles. The Balaban J connectivity index is 0.00000612. The first kappa shape index (κ1) is 30.4. The van der Waals surface area contributed by atoms with Gasteiger partial charge < -0.3 is 0 Å². The minimum Gasteiger partial charge on any atom is -0.255 e. The topological polar surface area (TPSA) is 24.7 Å². The van der Waals surface area contributed by atoms with E-state index in [1.165, 1.54) is 11.1 Å². The number of benzene rings is 2. The van der Waals surface area contributed by atoms with E-state index in [1.54, 1.807) is 0 Å². The molecule has 2 rings (SSSR count). The van der Waals surface area contributed by atoms with Gasteiger partial charge in [0, 0.05) is 48.4 Å². The molecule has 2 aromatic rings. The summed E-state index contributed by atoms with van der Waals surface area (Å²) in [5.74, 6) is 12.8. The zero-order chi connectivity index (χ0) is 24.3. The van der Waals surface area contributed by atoms with Gasteiger partial charge in [0.1, 0.15) is 0 Å². The van der Waals surface area contributed by atoms with Gasteiger partial charge in [-0.2, -0.15) is 0 Å². The van der Waals surface area contributed by atoms with Crippen molar-refractivity contribution < 1.29 is 16.5 Å². The molecule has 0 fully saturated rings. The van der Waals surface area contributed by atoms with Gasteiger partial charge in [-0.15, -0.1) is 23.7 Å². The molecule has 0 bridgehead atoms. The van der Waals surface area contributed by atoms with E-state index in [1.807, 2.05) is 6.21 Å². The SMILES string of the molecule is CCC#CCCCc1ccccc1N=CC(CCCC)=Nc1ccccc1CCCC#CCC.[Ni]. The van der Waals surface area contributed by atoms with E-state index in [0.717, 1.165) is 87.7 Å². The first-order valence-corrected chi connectivity index (χ1v) is 13.0. The van der Waals surface area contributed by atoms with Crippen LogP contribution >= 0.6 is 0 Å². The van der Waals surface area contributed by atoms with Gasteiger partial charge in [-0.25, -0.2) is 0 Å². The van der Waals surface area contributed by atoms with E-state index in [2.05, 4.69) is 93.0 Å². The molecule has 35 heavy (non-hydrogen) atoms. The van der Waals surface area contributed by atoms with E-state index in [0.29, 0.717) is 0 Å². The molecule has 0 aliphatic carbocycles. The average Bonchev–Trinajstić information content (AvgIpc) is 2.87. The predicted octanol–water partition coefficient (Wildman–Crippen LogP) is 8.82. The number of para-hydroxylation sites is 2. The molecular weight excluding hydrogens is 471 g/mol. The van der Waals surface area contributed by atoms with Gasteiger partial charge in [0.25, 0.3) is 0 Å². The number of nitrogens with zero attached hydrogens (tertiary/aromatic N) is 2. The third-order valence-corrected chi connectivity index (χ3v) is 5.49. The van der Waals surface area contributed by atoms with Crippen LogP contribution in [-0.2, 0) is 29.3 Å². The van der Waals surface area contributed by atoms with Crippen molar-refractivity contribution in [2.45, 2.75) is 91.4 Å². The molecule has 0 aliphatic heterocycles. The third-order valence-electron chi connectivity index (χ3n) is 5.49. The van der Waals surface area contributed by atoms with Gasteiger partial charge >= 0.3 is 0 Å². The summed E-state index contributed by atoms with van der Waals surface area (Å²) in [5.41, 5.74) is 5.71. The molecule has 0 heterocycles. The van der Waals surface area contributed by atoms with Gasteiger partial charge in [-0.3, -0.25) is 9.98 Å². The first-order valence-electron chi connectivity index (χ1n) is 13.0. The Morgan fingerprint density at radius 3 is 1.83 bits per heavy atom. The fourth-order valence-corrected chi connectivity index (χ4v) is 3.65. The fourth-order valence-electron chi connectivity index (χ4n) is 3.65. The van der Waals surface area contributed by atoms with Gasteiger partial charge in [0.15, 0.2) is 0 Å². The second-order valence-corrected chi connectivity index (χ2v) is 8.34. The van der Waals surface area contributed by atoms with Gasteiger partial charge in [0.05, 0.1) is 17.1 Å².